The van der Waals surface area contributed by atoms with Gasteiger partial charge in [0.1, 0.15) is 5.82 Å². The Kier molecular flexibility index (Phi) is 7.70. The van der Waals surface area contributed by atoms with Crippen LogP contribution in [0.1, 0.15) is 32.6 Å². The first kappa shape index (κ1) is 25.5. The van der Waals surface area contributed by atoms with E-state index in [1.807, 2.05) is 49.4 Å². The van der Waals surface area contributed by atoms with Crippen LogP contribution in [0.2, 0.25) is 0 Å². The van der Waals surface area contributed by atoms with Gasteiger partial charge in [0.05, 0.1) is 17.1 Å². The smallest absolute Gasteiger partial charge is 0.265 e. The van der Waals surface area contributed by atoms with Gasteiger partial charge in [-0.25, -0.2) is 4.39 Å². The summed E-state index contributed by atoms with van der Waals surface area (Å²) >= 11 is 1.39. The lowest BCUT2D eigenvalue weighted by molar-refractivity contribution is -0.114. The fourth-order valence-corrected chi connectivity index (χ4v) is 5.30. The van der Waals surface area contributed by atoms with Gasteiger partial charge in [-0.1, -0.05) is 84.1 Å². The normalized spacial score (nSPS) is 13.9. The molecular weight excluding hydrogens is 495 g/mol. The first-order valence-corrected chi connectivity index (χ1v) is 13.3. The second-order valence-electron chi connectivity index (χ2n) is 9.21. The molecule has 0 saturated carbocycles. The molecule has 1 aliphatic rings. The van der Waals surface area contributed by atoms with E-state index in [1.54, 1.807) is 29.2 Å². The molecule has 0 fully saturated rings. The van der Waals surface area contributed by atoms with Crippen LogP contribution in [0.25, 0.3) is 6.08 Å². The molecule has 1 heterocycles. The van der Waals surface area contributed by atoms with Crippen molar-refractivity contribution in [1.82, 2.24) is 5.32 Å². The fraction of sp³-hybridized carbons (Fsp3) is 0.125. The number of halogens is 1. The third kappa shape index (κ3) is 6.03. The molecule has 0 atom stereocenters. The Morgan fingerprint density at radius 1 is 0.921 bits per heavy atom. The van der Waals surface area contributed by atoms with Gasteiger partial charge >= 0.3 is 0 Å². The Morgan fingerprint density at radius 2 is 1.63 bits per heavy atom. The SMILES string of the molecule is Cc1ccc(CCNC(=O)c2ccc3c(c2)N(Cc2ccc(F)cc2)C(=O)C(=Cc2ccccc2)S3)cc1. The topological polar surface area (TPSA) is 49.4 Å². The molecule has 5 rings (SSSR count). The summed E-state index contributed by atoms with van der Waals surface area (Å²) in [4.78, 5) is 29.8. The second kappa shape index (κ2) is 11.5. The van der Waals surface area contributed by atoms with E-state index in [2.05, 4.69) is 29.6 Å². The highest BCUT2D eigenvalue weighted by molar-refractivity contribution is 8.04. The summed E-state index contributed by atoms with van der Waals surface area (Å²) in [6.07, 6.45) is 2.61. The lowest BCUT2D eigenvalue weighted by Gasteiger charge is -2.31. The number of thioether (sulfide) groups is 1. The molecule has 2 amide bonds. The summed E-state index contributed by atoms with van der Waals surface area (Å²) in [5.74, 6) is -0.679. The molecule has 1 aliphatic heterocycles. The molecule has 1 N–H and O–H groups in total. The molecule has 0 aromatic heterocycles. The zero-order valence-corrected chi connectivity index (χ0v) is 21.8. The zero-order chi connectivity index (χ0) is 26.5. The lowest BCUT2D eigenvalue weighted by Crippen LogP contribution is -2.34. The molecule has 0 bridgehead atoms. The van der Waals surface area contributed by atoms with E-state index >= 15 is 0 Å². The minimum absolute atomic E-state index is 0.160. The zero-order valence-electron chi connectivity index (χ0n) is 21.0. The number of fused-ring (bicyclic) bond motifs is 1. The van der Waals surface area contributed by atoms with Crippen LogP contribution in [0.4, 0.5) is 10.1 Å². The van der Waals surface area contributed by atoms with Crippen molar-refractivity contribution in [3.05, 3.63) is 136 Å². The van der Waals surface area contributed by atoms with Crippen LogP contribution in [-0.4, -0.2) is 18.4 Å². The number of anilines is 1. The van der Waals surface area contributed by atoms with Gasteiger partial charge < -0.3 is 10.2 Å². The number of nitrogens with zero attached hydrogens (tertiary/aromatic N) is 1. The summed E-state index contributed by atoms with van der Waals surface area (Å²) in [7, 11) is 0. The molecule has 0 unspecified atom stereocenters. The number of rotatable bonds is 7. The standard InChI is InChI=1S/C32H27FN2O2S/c1-22-7-9-23(10-8-22)17-18-34-31(36)26-13-16-29-28(20-26)35(21-25-11-14-27(33)15-12-25)32(37)30(38-29)19-24-5-3-2-4-6-24/h2-16,19-20H,17-18,21H2,1H3,(H,34,36). The maximum atomic E-state index is 13.7. The number of carbonyl (C=O) groups excluding carboxylic acids is 2. The van der Waals surface area contributed by atoms with Crippen LogP contribution >= 0.6 is 11.8 Å². The molecule has 4 aromatic rings. The number of nitrogens with one attached hydrogen (secondary N) is 1. The van der Waals surface area contributed by atoms with Crippen molar-refractivity contribution in [2.45, 2.75) is 24.8 Å². The molecule has 4 nitrogen and oxygen atoms in total. The Bertz CT molecular complexity index is 1480. The van der Waals surface area contributed by atoms with E-state index < -0.39 is 0 Å². The number of benzene rings is 4. The van der Waals surface area contributed by atoms with Gasteiger partial charge in [-0.15, -0.1) is 0 Å². The number of hydrogen-bond donors (Lipinski definition) is 1. The van der Waals surface area contributed by atoms with E-state index in [0.29, 0.717) is 22.7 Å². The van der Waals surface area contributed by atoms with Crippen molar-refractivity contribution in [2.24, 2.45) is 0 Å². The number of hydrogen-bond acceptors (Lipinski definition) is 3. The fourth-order valence-electron chi connectivity index (χ4n) is 4.26. The Balaban J connectivity index is 1.40. The molecule has 0 radical (unpaired) electrons. The van der Waals surface area contributed by atoms with Gasteiger partial charge in [0, 0.05) is 17.0 Å². The highest BCUT2D eigenvalue weighted by Gasteiger charge is 2.30. The van der Waals surface area contributed by atoms with Gasteiger partial charge in [0.25, 0.3) is 11.8 Å². The van der Waals surface area contributed by atoms with E-state index in [9.17, 15) is 14.0 Å². The van der Waals surface area contributed by atoms with Crippen LogP contribution in [0, 0.1) is 12.7 Å². The summed E-state index contributed by atoms with van der Waals surface area (Å²) in [6, 6.07) is 29.5. The van der Waals surface area contributed by atoms with Crippen LogP contribution in [0.5, 0.6) is 0 Å². The van der Waals surface area contributed by atoms with Crippen molar-refractivity contribution < 1.29 is 14.0 Å². The van der Waals surface area contributed by atoms with Gasteiger partial charge in [0.15, 0.2) is 0 Å². The first-order valence-electron chi connectivity index (χ1n) is 12.4. The third-order valence-corrected chi connectivity index (χ3v) is 7.44. The average molecular weight is 523 g/mol. The summed E-state index contributed by atoms with van der Waals surface area (Å²) in [5, 5.41) is 2.99. The first-order chi connectivity index (χ1) is 18.5. The van der Waals surface area contributed by atoms with Crippen molar-refractivity contribution >= 4 is 35.3 Å². The largest absolute Gasteiger partial charge is 0.352 e. The molecule has 6 heteroatoms. The minimum atomic E-state index is -0.330. The average Bonchev–Trinajstić information content (AvgIpc) is 2.93. The predicted octanol–water partition coefficient (Wildman–Crippen LogP) is 6.79. The maximum absolute atomic E-state index is 13.7. The number of aryl methyl sites for hydroxylation is 1. The highest BCUT2D eigenvalue weighted by Crippen LogP contribution is 2.43. The van der Waals surface area contributed by atoms with Gasteiger partial charge in [-0.3, -0.25) is 9.59 Å². The van der Waals surface area contributed by atoms with Crippen LogP contribution in [0.15, 0.2) is 107 Å². The van der Waals surface area contributed by atoms with Crippen molar-refractivity contribution in [2.75, 3.05) is 11.4 Å². The number of carbonyl (C=O) groups is 2. The molecule has 190 valence electrons. The number of amides is 2. The van der Waals surface area contributed by atoms with Crippen LogP contribution in [-0.2, 0) is 17.8 Å². The van der Waals surface area contributed by atoms with Crippen LogP contribution < -0.4 is 10.2 Å². The van der Waals surface area contributed by atoms with Gasteiger partial charge in [-0.05, 0) is 66.4 Å². The summed E-state index contributed by atoms with van der Waals surface area (Å²) in [5.41, 5.74) is 5.24. The highest BCUT2D eigenvalue weighted by atomic mass is 32.2. The Morgan fingerprint density at radius 3 is 2.37 bits per heavy atom. The lowest BCUT2D eigenvalue weighted by atomic mass is 10.1. The Hall–Kier alpha value is -4.16. The molecule has 0 aliphatic carbocycles. The van der Waals surface area contributed by atoms with E-state index in [4.69, 9.17) is 0 Å². The van der Waals surface area contributed by atoms with E-state index in [-0.39, 0.29) is 24.2 Å². The minimum Gasteiger partial charge on any atom is -0.352 e. The summed E-state index contributed by atoms with van der Waals surface area (Å²) < 4.78 is 13.5. The van der Waals surface area contributed by atoms with Crippen molar-refractivity contribution in [3.8, 4) is 0 Å². The quantitative estimate of drug-likeness (QED) is 0.272. The molecule has 38 heavy (non-hydrogen) atoms. The third-order valence-electron chi connectivity index (χ3n) is 6.36. The summed E-state index contributed by atoms with van der Waals surface area (Å²) in [6.45, 7) is 2.82. The maximum Gasteiger partial charge on any atom is 0.265 e. The van der Waals surface area contributed by atoms with Crippen molar-refractivity contribution in [1.29, 1.82) is 0 Å². The van der Waals surface area contributed by atoms with Gasteiger partial charge in [-0.2, -0.15) is 0 Å². The predicted molar refractivity (Wildman–Crippen MR) is 152 cm³/mol. The Labute approximate surface area is 226 Å². The molecular formula is C32H27FN2O2S. The van der Waals surface area contributed by atoms with E-state index in [1.165, 1.54) is 29.5 Å². The molecule has 4 aromatic carbocycles. The van der Waals surface area contributed by atoms with Crippen LogP contribution in [0.3, 0.4) is 0 Å². The van der Waals surface area contributed by atoms with Crippen molar-refractivity contribution in [3.63, 3.8) is 0 Å². The monoisotopic (exact) mass is 522 g/mol. The second-order valence-corrected chi connectivity index (χ2v) is 10.3. The molecule has 0 saturated heterocycles. The molecule has 0 spiro atoms. The van der Waals surface area contributed by atoms with Gasteiger partial charge in [0.2, 0.25) is 0 Å². The van der Waals surface area contributed by atoms with E-state index in [0.717, 1.165) is 28.0 Å².